The van der Waals surface area contributed by atoms with Crippen LogP contribution >= 0.6 is 0 Å². The van der Waals surface area contributed by atoms with Gasteiger partial charge < -0.3 is 9.64 Å². The molecular weight excluding hydrogens is 340 g/mol. The highest BCUT2D eigenvalue weighted by molar-refractivity contribution is 5.94. The maximum Gasteiger partial charge on any atom is 0.254 e. The topological polar surface area (TPSA) is 60.2 Å². The van der Waals surface area contributed by atoms with E-state index in [0.29, 0.717) is 18.7 Å². The third-order valence-corrected chi connectivity index (χ3v) is 4.72. The zero-order valence-electron chi connectivity index (χ0n) is 15.1. The van der Waals surface area contributed by atoms with Crippen LogP contribution in [0.3, 0.4) is 0 Å². The Morgan fingerprint density at radius 2 is 2.07 bits per heavy atom. The Morgan fingerprint density at radius 3 is 2.81 bits per heavy atom. The smallest absolute Gasteiger partial charge is 0.254 e. The monoisotopic (exact) mass is 362 g/mol. The minimum atomic E-state index is -0.00341. The highest BCUT2D eigenvalue weighted by atomic mass is 16.5. The molecule has 0 aliphatic carbocycles. The van der Waals surface area contributed by atoms with Gasteiger partial charge in [0.05, 0.1) is 11.8 Å². The Labute approximate surface area is 158 Å². The van der Waals surface area contributed by atoms with Crippen molar-refractivity contribution in [2.24, 2.45) is 0 Å². The normalized spacial score (nSPS) is 16.4. The summed E-state index contributed by atoms with van der Waals surface area (Å²) < 4.78 is 7.52. The molecule has 1 aliphatic rings. The number of ether oxygens (including phenoxy) is 1. The van der Waals surface area contributed by atoms with Gasteiger partial charge in [0.2, 0.25) is 0 Å². The van der Waals surface area contributed by atoms with E-state index in [-0.39, 0.29) is 12.0 Å². The summed E-state index contributed by atoms with van der Waals surface area (Å²) in [6, 6.07) is 13.3. The standard InChI is InChI=1S/C21H22N4O2/c26-21(18-4-1-5-19(14-18)25-12-3-9-23-25)24(16-20-6-2-13-27-20)15-17-7-10-22-11-8-17/h1,3-5,7-12,14,20H,2,6,13,15-16H2/t20-/m0/s1. The van der Waals surface area contributed by atoms with Gasteiger partial charge in [0, 0.05) is 50.0 Å². The number of pyridine rings is 1. The predicted octanol–water partition coefficient (Wildman–Crippen LogP) is 3.09. The van der Waals surface area contributed by atoms with Gasteiger partial charge in [-0.3, -0.25) is 9.78 Å². The average Bonchev–Trinajstić information content (AvgIpc) is 3.42. The molecule has 0 unspecified atom stereocenters. The molecular formula is C21H22N4O2. The zero-order chi connectivity index (χ0) is 18.5. The quantitative estimate of drug-likeness (QED) is 0.676. The molecule has 0 N–H and O–H groups in total. The van der Waals surface area contributed by atoms with Crippen molar-refractivity contribution in [2.45, 2.75) is 25.5 Å². The molecule has 0 radical (unpaired) electrons. The van der Waals surface area contributed by atoms with Crippen LogP contribution in [0.2, 0.25) is 0 Å². The molecule has 1 aromatic carbocycles. The van der Waals surface area contributed by atoms with Crippen molar-refractivity contribution in [2.75, 3.05) is 13.2 Å². The lowest BCUT2D eigenvalue weighted by Crippen LogP contribution is -2.37. The summed E-state index contributed by atoms with van der Waals surface area (Å²) in [5.41, 5.74) is 2.57. The van der Waals surface area contributed by atoms with Gasteiger partial charge in [0.1, 0.15) is 0 Å². The number of nitrogens with zero attached hydrogens (tertiary/aromatic N) is 4. The highest BCUT2D eigenvalue weighted by Gasteiger charge is 2.24. The number of amides is 1. The molecule has 1 amide bonds. The molecule has 1 saturated heterocycles. The van der Waals surface area contributed by atoms with Gasteiger partial charge in [0.15, 0.2) is 0 Å². The van der Waals surface area contributed by atoms with Crippen molar-refractivity contribution in [3.8, 4) is 5.69 Å². The van der Waals surface area contributed by atoms with Gasteiger partial charge in [-0.2, -0.15) is 5.10 Å². The first-order valence-electron chi connectivity index (χ1n) is 9.19. The fraction of sp³-hybridized carbons (Fsp3) is 0.286. The Bertz CT molecular complexity index is 874. The number of carbonyl (C=O) groups excluding carboxylic acids is 1. The lowest BCUT2D eigenvalue weighted by molar-refractivity contribution is 0.0507. The van der Waals surface area contributed by atoms with E-state index >= 15 is 0 Å². The SMILES string of the molecule is O=C(c1cccc(-n2cccn2)c1)N(Cc1ccncc1)C[C@@H]1CCCO1. The molecule has 3 heterocycles. The predicted molar refractivity (Wildman–Crippen MR) is 102 cm³/mol. The Morgan fingerprint density at radius 1 is 1.19 bits per heavy atom. The zero-order valence-corrected chi connectivity index (χ0v) is 15.1. The van der Waals surface area contributed by atoms with Gasteiger partial charge in [-0.1, -0.05) is 6.07 Å². The van der Waals surface area contributed by atoms with E-state index in [2.05, 4.69) is 10.1 Å². The van der Waals surface area contributed by atoms with Crippen LogP contribution in [0.4, 0.5) is 0 Å². The number of carbonyl (C=O) groups is 1. The molecule has 6 nitrogen and oxygen atoms in total. The molecule has 6 heteroatoms. The molecule has 27 heavy (non-hydrogen) atoms. The fourth-order valence-electron chi connectivity index (χ4n) is 3.35. The molecule has 2 aromatic heterocycles. The van der Waals surface area contributed by atoms with Gasteiger partial charge in [0.25, 0.3) is 5.91 Å². The second-order valence-electron chi connectivity index (χ2n) is 6.68. The van der Waals surface area contributed by atoms with Gasteiger partial charge in [-0.25, -0.2) is 4.68 Å². The van der Waals surface area contributed by atoms with Crippen LogP contribution in [-0.4, -0.2) is 44.8 Å². The molecule has 3 aromatic rings. The summed E-state index contributed by atoms with van der Waals surface area (Å²) in [4.78, 5) is 19.2. The second-order valence-corrected chi connectivity index (χ2v) is 6.68. The third-order valence-electron chi connectivity index (χ3n) is 4.72. The van der Waals surface area contributed by atoms with Crippen LogP contribution in [0.25, 0.3) is 5.69 Å². The van der Waals surface area contributed by atoms with E-state index in [1.165, 1.54) is 0 Å². The summed E-state index contributed by atoms with van der Waals surface area (Å²) in [5, 5.41) is 4.25. The Balaban J connectivity index is 1.58. The highest BCUT2D eigenvalue weighted by Crippen LogP contribution is 2.18. The van der Waals surface area contributed by atoms with Crippen molar-refractivity contribution in [3.05, 3.63) is 78.4 Å². The van der Waals surface area contributed by atoms with E-state index < -0.39 is 0 Å². The summed E-state index contributed by atoms with van der Waals surface area (Å²) in [6.07, 6.45) is 9.24. The Hall–Kier alpha value is -2.99. The van der Waals surface area contributed by atoms with Gasteiger partial charge in [-0.15, -0.1) is 0 Å². The summed E-state index contributed by atoms with van der Waals surface area (Å²) in [7, 11) is 0. The van der Waals surface area contributed by atoms with Crippen LogP contribution in [0, 0.1) is 0 Å². The van der Waals surface area contributed by atoms with E-state index in [9.17, 15) is 4.79 Å². The van der Waals surface area contributed by atoms with Crippen LogP contribution in [-0.2, 0) is 11.3 Å². The summed E-state index contributed by atoms with van der Waals surface area (Å²) >= 11 is 0. The van der Waals surface area contributed by atoms with Crippen LogP contribution < -0.4 is 0 Å². The van der Waals surface area contributed by atoms with E-state index in [4.69, 9.17) is 4.74 Å². The largest absolute Gasteiger partial charge is 0.376 e. The molecule has 1 atom stereocenters. The molecule has 1 aliphatic heterocycles. The fourth-order valence-corrected chi connectivity index (χ4v) is 3.35. The molecule has 0 bridgehead atoms. The van der Waals surface area contributed by atoms with Crippen molar-refractivity contribution in [1.29, 1.82) is 0 Å². The molecule has 1 fully saturated rings. The molecule has 0 spiro atoms. The summed E-state index contributed by atoms with van der Waals surface area (Å²) in [5.74, 6) is -0.00341. The van der Waals surface area contributed by atoms with Crippen molar-refractivity contribution in [3.63, 3.8) is 0 Å². The van der Waals surface area contributed by atoms with Crippen LogP contribution in [0.15, 0.2) is 67.3 Å². The van der Waals surface area contributed by atoms with E-state index in [1.54, 1.807) is 23.3 Å². The Kier molecular flexibility index (Phi) is 5.25. The number of hydrogen-bond acceptors (Lipinski definition) is 4. The average molecular weight is 362 g/mol. The van der Waals surface area contributed by atoms with Gasteiger partial charge >= 0.3 is 0 Å². The first-order chi connectivity index (χ1) is 13.3. The molecule has 4 rings (SSSR count). The minimum absolute atomic E-state index is 0.00341. The summed E-state index contributed by atoms with van der Waals surface area (Å²) in [6.45, 7) is 1.90. The van der Waals surface area contributed by atoms with Gasteiger partial charge in [-0.05, 0) is 54.8 Å². The van der Waals surface area contributed by atoms with E-state index in [0.717, 1.165) is 30.7 Å². The van der Waals surface area contributed by atoms with Crippen LogP contribution in [0.5, 0.6) is 0 Å². The molecule has 138 valence electrons. The molecule has 0 saturated carbocycles. The number of hydrogen-bond donors (Lipinski definition) is 0. The minimum Gasteiger partial charge on any atom is -0.376 e. The second kappa shape index (κ2) is 8.14. The third kappa shape index (κ3) is 4.23. The number of rotatable bonds is 6. The number of aromatic nitrogens is 3. The maximum absolute atomic E-state index is 13.3. The lowest BCUT2D eigenvalue weighted by Gasteiger charge is -2.26. The maximum atomic E-state index is 13.3. The first kappa shape index (κ1) is 17.4. The van der Waals surface area contributed by atoms with Crippen molar-refractivity contribution >= 4 is 5.91 Å². The van der Waals surface area contributed by atoms with Crippen LogP contribution in [0.1, 0.15) is 28.8 Å². The number of benzene rings is 1. The van der Waals surface area contributed by atoms with Crippen molar-refractivity contribution < 1.29 is 9.53 Å². The first-order valence-corrected chi connectivity index (χ1v) is 9.19. The van der Waals surface area contributed by atoms with E-state index in [1.807, 2.05) is 53.6 Å². The van der Waals surface area contributed by atoms with Crippen molar-refractivity contribution in [1.82, 2.24) is 19.7 Å². The lowest BCUT2D eigenvalue weighted by atomic mass is 10.1.